The fourth-order valence-corrected chi connectivity index (χ4v) is 4.15. The van der Waals surface area contributed by atoms with E-state index in [1.807, 2.05) is 52.5 Å². The zero-order chi connectivity index (χ0) is 17.9. The number of rotatable bonds is 5. The van der Waals surface area contributed by atoms with E-state index in [-0.39, 0.29) is 12.4 Å². The van der Waals surface area contributed by atoms with Gasteiger partial charge in [0.2, 0.25) is 0 Å². The van der Waals surface area contributed by atoms with Crippen molar-refractivity contribution in [2.75, 3.05) is 7.11 Å². The molecule has 0 spiro atoms. The van der Waals surface area contributed by atoms with E-state index in [0.29, 0.717) is 5.75 Å². The molecule has 0 N–H and O–H groups in total. The van der Waals surface area contributed by atoms with Crippen LogP contribution in [0.3, 0.4) is 0 Å². The van der Waals surface area contributed by atoms with Crippen LogP contribution in [-0.4, -0.2) is 18.1 Å². The summed E-state index contributed by atoms with van der Waals surface area (Å²) in [5, 5.41) is 8.91. The van der Waals surface area contributed by atoms with Crippen LogP contribution in [0.5, 0.6) is 11.5 Å². The lowest BCUT2D eigenvalue weighted by atomic mass is 10.1. The predicted molar refractivity (Wildman–Crippen MR) is 105 cm³/mol. The van der Waals surface area contributed by atoms with E-state index < -0.39 is 0 Å². The summed E-state index contributed by atoms with van der Waals surface area (Å²) < 4.78 is 10.7. The molecule has 0 fully saturated rings. The van der Waals surface area contributed by atoms with E-state index in [2.05, 4.69) is 4.98 Å². The van der Waals surface area contributed by atoms with Crippen molar-refractivity contribution < 1.29 is 14.3 Å². The monoisotopic (exact) mass is 381 g/mol. The van der Waals surface area contributed by atoms with Crippen molar-refractivity contribution >= 4 is 39.4 Å². The number of hydrogen-bond donors (Lipinski definition) is 0. The van der Waals surface area contributed by atoms with Crippen LogP contribution >= 0.6 is 22.7 Å². The quantitative estimate of drug-likeness (QED) is 0.353. The number of nitrogens with zero attached hydrogens (tertiary/aromatic N) is 1. The van der Waals surface area contributed by atoms with Crippen molar-refractivity contribution in [2.24, 2.45) is 0 Å². The number of esters is 1. The number of methoxy groups -OCH3 is 1. The number of benzene rings is 2. The van der Waals surface area contributed by atoms with Crippen molar-refractivity contribution in [1.82, 2.24) is 4.98 Å². The molecule has 4 rings (SSSR count). The molecule has 4 aromatic rings. The van der Waals surface area contributed by atoms with Crippen LogP contribution in [0.4, 0.5) is 0 Å². The van der Waals surface area contributed by atoms with Crippen molar-refractivity contribution in [3.8, 4) is 22.1 Å². The molecular weight excluding hydrogens is 366 g/mol. The van der Waals surface area contributed by atoms with E-state index >= 15 is 0 Å². The Morgan fingerprint density at radius 2 is 1.85 bits per heavy atom. The van der Waals surface area contributed by atoms with Gasteiger partial charge in [-0.1, -0.05) is 12.1 Å². The average molecular weight is 381 g/mol. The lowest BCUT2D eigenvalue weighted by molar-refractivity contribution is -0.133. The Labute approximate surface area is 158 Å². The van der Waals surface area contributed by atoms with E-state index in [1.54, 1.807) is 24.5 Å². The molecule has 2 heterocycles. The Bertz CT molecular complexity index is 1050. The third kappa shape index (κ3) is 3.61. The number of ether oxygens (including phenoxy) is 2. The van der Waals surface area contributed by atoms with Gasteiger partial charge in [-0.15, -0.1) is 11.3 Å². The molecular formula is C20H15NO3S2. The van der Waals surface area contributed by atoms with Gasteiger partial charge in [0.1, 0.15) is 16.5 Å². The first-order chi connectivity index (χ1) is 12.7. The number of carbonyl (C=O) groups excluding carboxylic acids is 1. The van der Waals surface area contributed by atoms with E-state index in [4.69, 9.17) is 9.47 Å². The molecule has 2 aromatic carbocycles. The number of hydrogen-bond acceptors (Lipinski definition) is 6. The van der Waals surface area contributed by atoms with Crippen LogP contribution in [0, 0.1) is 0 Å². The minimum atomic E-state index is -0.325. The van der Waals surface area contributed by atoms with E-state index in [9.17, 15) is 4.79 Å². The molecule has 0 saturated carbocycles. The lowest BCUT2D eigenvalue weighted by Crippen LogP contribution is -2.11. The topological polar surface area (TPSA) is 48.4 Å². The lowest BCUT2D eigenvalue weighted by Gasteiger charge is -2.06. The van der Waals surface area contributed by atoms with Gasteiger partial charge in [-0.25, -0.2) is 4.98 Å². The van der Waals surface area contributed by atoms with Gasteiger partial charge < -0.3 is 9.47 Å². The Balaban J connectivity index is 1.47. The molecule has 4 nitrogen and oxygen atoms in total. The molecule has 0 aliphatic rings. The highest BCUT2D eigenvalue weighted by Crippen LogP contribution is 2.27. The van der Waals surface area contributed by atoms with Gasteiger partial charge in [0, 0.05) is 16.3 Å². The Morgan fingerprint density at radius 1 is 1.04 bits per heavy atom. The van der Waals surface area contributed by atoms with Crippen LogP contribution in [-0.2, 0) is 11.2 Å². The second-order valence-electron chi connectivity index (χ2n) is 5.68. The van der Waals surface area contributed by atoms with Gasteiger partial charge in [0.05, 0.1) is 19.2 Å². The van der Waals surface area contributed by atoms with Crippen LogP contribution in [0.25, 0.3) is 21.3 Å². The van der Waals surface area contributed by atoms with Crippen molar-refractivity contribution in [2.45, 2.75) is 6.42 Å². The predicted octanol–water partition coefficient (Wildman–Crippen LogP) is 5.18. The fourth-order valence-electron chi connectivity index (χ4n) is 2.62. The van der Waals surface area contributed by atoms with Crippen molar-refractivity contribution in [3.63, 3.8) is 0 Å². The number of thiazole rings is 1. The molecule has 130 valence electrons. The van der Waals surface area contributed by atoms with E-state index in [0.717, 1.165) is 32.8 Å². The summed E-state index contributed by atoms with van der Waals surface area (Å²) in [6.45, 7) is 0. The smallest absolute Gasteiger partial charge is 0.317 e. The Morgan fingerprint density at radius 3 is 2.62 bits per heavy atom. The van der Waals surface area contributed by atoms with Gasteiger partial charge >= 0.3 is 5.97 Å². The molecule has 6 heteroatoms. The molecule has 0 aliphatic heterocycles. The highest BCUT2D eigenvalue weighted by Gasteiger charge is 2.12. The van der Waals surface area contributed by atoms with Gasteiger partial charge in [0.25, 0.3) is 0 Å². The second kappa shape index (κ2) is 7.27. The fraction of sp³-hybridized carbons (Fsp3) is 0.100. The number of carbonyl (C=O) groups is 1. The van der Waals surface area contributed by atoms with Crippen LogP contribution in [0.1, 0.15) is 5.69 Å². The van der Waals surface area contributed by atoms with E-state index in [1.165, 1.54) is 11.3 Å². The Hall–Kier alpha value is -2.70. The van der Waals surface area contributed by atoms with Crippen LogP contribution in [0.2, 0.25) is 0 Å². The maximum Gasteiger partial charge on any atom is 0.317 e. The highest BCUT2D eigenvalue weighted by atomic mass is 32.1. The average Bonchev–Trinajstić information content (AvgIpc) is 3.32. The first kappa shape index (κ1) is 16.8. The van der Waals surface area contributed by atoms with Crippen LogP contribution in [0.15, 0.2) is 58.6 Å². The summed E-state index contributed by atoms with van der Waals surface area (Å²) >= 11 is 3.16. The summed E-state index contributed by atoms with van der Waals surface area (Å²) in [5.41, 5.74) is 1.81. The largest absolute Gasteiger partial charge is 0.497 e. The zero-order valence-electron chi connectivity index (χ0n) is 14.0. The maximum atomic E-state index is 12.3. The molecule has 0 atom stereocenters. The molecule has 0 aliphatic carbocycles. The maximum absolute atomic E-state index is 12.3. The summed E-state index contributed by atoms with van der Waals surface area (Å²) in [4.78, 5) is 16.8. The minimum absolute atomic E-state index is 0.150. The number of thiophene rings is 1. The summed E-state index contributed by atoms with van der Waals surface area (Å²) in [6.07, 6.45) is 0.150. The summed E-state index contributed by atoms with van der Waals surface area (Å²) in [6, 6.07) is 13.4. The summed E-state index contributed by atoms with van der Waals surface area (Å²) in [5.74, 6) is 0.961. The second-order valence-corrected chi connectivity index (χ2v) is 7.32. The van der Waals surface area contributed by atoms with Gasteiger partial charge in [-0.05, 0) is 46.5 Å². The first-order valence-electron chi connectivity index (χ1n) is 7.97. The normalized spacial score (nSPS) is 10.8. The van der Waals surface area contributed by atoms with Gasteiger partial charge in [-0.2, -0.15) is 11.3 Å². The first-order valence-corrected chi connectivity index (χ1v) is 9.79. The van der Waals surface area contributed by atoms with Gasteiger partial charge in [-0.3, -0.25) is 4.79 Å². The number of aromatic nitrogens is 1. The third-order valence-electron chi connectivity index (χ3n) is 3.90. The molecule has 0 radical (unpaired) electrons. The standard InChI is InChI=1S/C20H15NO3S2/c1-23-17-4-2-13-3-5-18(9-15(13)8-17)24-19(22)10-16-12-26-20(21-16)14-6-7-25-11-14/h2-9,11-12H,10H2,1H3. The highest BCUT2D eigenvalue weighted by molar-refractivity contribution is 7.14. The Kier molecular flexibility index (Phi) is 4.69. The van der Waals surface area contributed by atoms with Crippen molar-refractivity contribution in [1.29, 1.82) is 0 Å². The van der Waals surface area contributed by atoms with Crippen molar-refractivity contribution in [3.05, 3.63) is 64.3 Å². The van der Waals surface area contributed by atoms with Crippen LogP contribution < -0.4 is 9.47 Å². The number of fused-ring (bicyclic) bond motifs is 1. The van der Waals surface area contributed by atoms with Gasteiger partial charge in [0.15, 0.2) is 0 Å². The zero-order valence-corrected chi connectivity index (χ0v) is 15.6. The molecule has 26 heavy (non-hydrogen) atoms. The molecule has 2 aromatic heterocycles. The molecule has 0 unspecified atom stereocenters. The minimum Gasteiger partial charge on any atom is -0.497 e. The summed E-state index contributed by atoms with van der Waals surface area (Å²) in [7, 11) is 1.63. The third-order valence-corrected chi connectivity index (χ3v) is 5.52. The SMILES string of the molecule is COc1ccc2ccc(OC(=O)Cc3csc(-c4ccsc4)n3)cc2c1. The molecule has 0 amide bonds. The molecule has 0 bridgehead atoms. The molecule has 0 saturated heterocycles.